The number of amides is 3. The van der Waals surface area contributed by atoms with Gasteiger partial charge in [-0.1, -0.05) is 39.8 Å². The summed E-state index contributed by atoms with van der Waals surface area (Å²) in [6.45, 7) is 11.1. The number of ether oxygens (including phenoxy) is 2. The lowest BCUT2D eigenvalue weighted by molar-refractivity contribution is -0.124. The van der Waals surface area contributed by atoms with Gasteiger partial charge in [0.05, 0.1) is 42.3 Å². The van der Waals surface area contributed by atoms with E-state index in [1.807, 2.05) is 27.7 Å². The molecule has 11 heteroatoms. The topological polar surface area (TPSA) is 136 Å². The van der Waals surface area contributed by atoms with Gasteiger partial charge in [-0.15, -0.1) is 0 Å². The number of hydrogen-bond acceptors (Lipinski definition) is 8. The predicted octanol–water partition coefficient (Wildman–Crippen LogP) is 4.30. The Bertz CT molecular complexity index is 1370. The lowest BCUT2D eigenvalue weighted by atomic mass is 9.99. The predicted molar refractivity (Wildman–Crippen MR) is 153 cm³/mol. The number of ketones is 1. The summed E-state index contributed by atoms with van der Waals surface area (Å²) >= 11 is 0. The number of Topliss-reactive ketones (excluding diaryl/α,β-unsaturated/α-hetero) is 1. The molecule has 1 aliphatic rings. The molecule has 10 nitrogen and oxygen atoms in total. The summed E-state index contributed by atoms with van der Waals surface area (Å²) in [6.07, 6.45) is 1.04. The third-order valence-electron chi connectivity index (χ3n) is 6.04. The van der Waals surface area contributed by atoms with Gasteiger partial charge in [0.2, 0.25) is 5.91 Å². The highest BCUT2D eigenvalue weighted by Gasteiger charge is 2.43. The molecule has 2 aromatic carbocycles. The molecule has 3 amide bonds. The van der Waals surface area contributed by atoms with E-state index in [0.29, 0.717) is 29.5 Å². The fourth-order valence-corrected chi connectivity index (χ4v) is 5.24. The van der Waals surface area contributed by atoms with E-state index in [1.165, 1.54) is 26.2 Å². The number of methoxy groups -OCH3 is 1. The zero-order valence-corrected chi connectivity index (χ0v) is 25.0. The number of carbonyl (C=O) groups is 4. The van der Waals surface area contributed by atoms with Gasteiger partial charge in [0.15, 0.2) is 11.5 Å². The molecule has 218 valence electrons. The molecular formula is C29H38N2O8S. The number of fused-ring (bicyclic) bond motifs is 1. The van der Waals surface area contributed by atoms with Crippen LogP contribution in [0.1, 0.15) is 73.9 Å². The molecule has 0 saturated heterocycles. The second-order valence-electron chi connectivity index (χ2n) is 10.1. The van der Waals surface area contributed by atoms with E-state index in [-0.39, 0.29) is 28.7 Å². The molecule has 1 heterocycles. The summed E-state index contributed by atoms with van der Waals surface area (Å²) in [7, 11) is -2.13. The standard InChI is InChI=1S/C22H24N2O7S.C7H14O/c1-5-31-19-11-14(9-10-18(19)30-3)17(12-32(4,28)29)24-21(26)15-7-6-8-16(23-13(2)25)20(15)22(24)27;1-5(2)7(8)6(3)4/h6-11,17H,5,12H2,1-4H3,(H,23,25);5-6H,1-4H3/t17-;/m1./s1. The second kappa shape index (κ2) is 13.6. The maximum atomic E-state index is 13.3. The minimum Gasteiger partial charge on any atom is -0.493 e. The van der Waals surface area contributed by atoms with Crippen molar-refractivity contribution < 1.29 is 37.1 Å². The number of rotatable bonds is 10. The summed E-state index contributed by atoms with van der Waals surface area (Å²) in [4.78, 5) is 49.9. The Morgan fingerprint density at radius 1 is 0.975 bits per heavy atom. The molecule has 1 N–H and O–H groups in total. The summed E-state index contributed by atoms with van der Waals surface area (Å²) in [5.74, 6) is -0.649. The van der Waals surface area contributed by atoms with Crippen LogP contribution in [0.5, 0.6) is 11.5 Å². The van der Waals surface area contributed by atoms with Gasteiger partial charge >= 0.3 is 0 Å². The van der Waals surface area contributed by atoms with E-state index < -0.39 is 39.4 Å². The molecule has 0 spiro atoms. The third kappa shape index (κ3) is 7.91. The largest absolute Gasteiger partial charge is 0.493 e. The van der Waals surface area contributed by atoms with Crippen LogP contribution in [0.2, 0.25) is 0 Å². The summed E-state index contributed by atoms with van der Waals surface area (Å²) in [6, 6.07) is 8.18. The Hall–Kier alpha value is -3.73. The molecule has 0 unspecified atom stereocenters. The number of anilines is 1. The summed E-state index contributed by atoms with van der Waals surface area (Å²) in [5.41, 5.74) is 0.719. The molecule has 1 atom stereocenters. The molecular weight excluding hydrogens is 536 g/mol. The van der Waals surface area contributed by atoms with Crippen molar-refractivity contribution in [1.82, 2.24) is 4.90 Å². The number of nitrogens with zero attached hydrogens (tertiary/aromatic N) is 1. The Morgan fingerprint density at radius 2 is 1.60 bits per heavy atom. The van der Waals surface area contributed by atoms with Crippen molar-refractivity contribution >= 4 is 39.0 Å². The number of nitrogens with one attached hydrogen (secondary N) is 1. The van der Waals surface area contributed by atoms with E-state index in [4.69, 9.17) is 9.47 Å². The van der Waals surface area contributed by atoms with Crippen molar-refractivity contribution in [3.05, 3.63) is 53.1 Å². The van der Waals surface area contributed by atoms with Crippen LogP contribution in [0, 0.1) is 11.8 Å². The minimum atomic E-state index is -3.60. The van der Waals surface area contributed by atoms with Crippen molar-refractivity contribution in [2.75, 3.05) is 31.0 Å². The van der Waals surface area contributed by atoms with E-state index in [0.717, 1.165) is 11.2 Å². The smallest absolute Gasteiger partial charge is 0.264 e. The van der Waals surface area contributed by atoms with Gasteiger partial charge in [-0.3, -0.25) is 24.1 Å². The van der Waals surface area contributed by atoms with Crippen LogP contribution >= 0.6 is 0 Å². The van der Waals surface area contributed by atoms with Gasteiger partial charge in [0.1, 0.15) is 15.6 Å². The molecule has 3 rings (SSSR count). The van der Waals surface area contributed by atoms with E-state index in [9.17, 15) is 27.6 Å². The van der Waals surface area contributed by atoms with Gasteiger partial charge in [0.25, 0.3) is 11.8 Å². The number of hydrogen-bond donors (Lipinski definition) is 1. The van der Waals surface area contributed by atoms with Crippen LogP contribution < -0.4 is 14.8 Å². The zero-order chi connectivity index (χ0) is 30.4. The lowest BCUT2D eigenvalue weighted by Crippen LogP contribution is -2.37. The summed E-state index contributed by atoms with van der Waals surface area (Å²) < 4.78 is 35.3. The normalized spacial score (nSPS) is 13.5. The number of imide groups is 1. The first kappa shape index (κ1) is 32.5. The summed E-state index contributed by atoms with van der Waals surface area (Å²) in [5, 5.41) is 2.55. The molecule has 1 aliphatic heterocycles. The average molecular weight is 575 g/mol. The highest BCUT2D eigenvalue weighted by atomic mass is 32.2. The Morgan fingerprint density at radius 3 is 2.08 bits per heavy atom. The van der Waals surface area contributed by atoms with Crippen LogP contribution in [-0.4, -0.2) is 62.5 Å². The van der Waals surface area contributed by atoms with Crippen LogP contribution in [0.25, 0.3) is 0 Å². The quantitative estimate of drug-likeness (QED) is 0.415. The molecule has 2 aromatic rings. The first-order valence-corrected chi connectivity index (χ1v) is 15.0. The molecule has 0 radical (unpaired) electrons. The van der Waals surface area contributed by atoms with Crippen molar-refractivity contribution in [1.29, 1.82) is 0 Å². The maximum absolute atomic E-state index is 13.3. The fraction of sp³-hybridized carbons (Fsp3) is 0.448. The van der Waals surface area contributed by atoms with Crippen molar-refractivity contribution in [3.8, 4) is 11.5 Å². The van der Waals surface area contributed by atoms with Crippen LogP contribution in [-0.2, 0) is 19.4 Å². The number of carbonyl (C=O) groups excluding carboxylic acids is 4. The third-order valence-corrected chi connectivity index (χ3v) is 6.96. The van der Waals surface area contributed by atoms with Gasteiger partial charge in [-0.25, -0.2) is 8.42 Å². The first-order chi connectivity index (χ1) is 18.6. The van der Waals surface area contributed by atoms with Gasteiger partial charge in [-0.05, 0) is 36.8 Å². The van der Waals surface area contributed by atoms with E-state index >= 15 is 0 Å². The molecule has 0 bridgehead atoms. The molecule has 0 aliphatic carbocycles. The van der Waals surface area contributed by atoms with E-state index in [2.05, 4.69) is 5.32 Å². The van der Waals surface area contributed by atoms with Crippen LogP contribution in [0.3, 0.4) is 0 Å². The van der Waals surface area contributed by atoms with E-state index in [1.54, 1.807) is 31.2 Å². The van der Waals surface area contributed by atoms with Crippen molar-refractivity contribution in [2.45, 2.75) is 47.6 Å². The highest BCUT2D eigenvalue weighted by molar-refractivity contribution is 7.90. The fourth-order valence-electron chi connectivity index (χ4n) is 4.32. The second-order valence-corrected chi connectivity index (χ2v) is 12.2. The SMILES string of the molecule is CC(C)C(=O)C(C)C.CCOc1cc([C@@H](CS(C)(=O)=O)N2C(=O)c3cccc(NC(C)=O)c3C2=O)ccc1OC. The Balaban J connectivity index is 0.000000611. The van der Waals surface area contributed by atoms with Crippen LogP contribution in [0.15, 0.2) is 36.4 Å². The van der Waals surface area contributed by atoms with Crippen molar-refractivity contribution in [2.24, 2.45) is 11.8 Å². The van der Waals surface area contributed by atoms with Gasteiger partial charge in [0, 0.05) is 25.0 Å². The van der Waals surface area contributed by atoms with Gasteiger partial charge < -0.3 is 14.8 Å². The monoisotopic (exact) mass is 574 g/mol. The first-order valence-electron chi connectivity index (χ1n) is 12.9. The molecule has 40 heavy (non-hydrogen) atoms. The Kier molecular flexibility index (Phi) is 11.0. The molecule has 0 fully saturated rings. The van der Waals surface area contributed by atoms with Gasteiger partial charge in [-0.2, -0.15) is 0 Å². The maximum Gasteiger partial charge on any atom is 0.264 e. The zero-order valence-electron chi connectivity index (χ0n) is 24.2. The Labute approximate surface area is 236 Å². The van der Waals surface area contributed by atoms with Crippen LogP contribution in [0.4, 0.5) is 5.69 Å². The lowest BCUT2D eigenvalue weighted by Gasteiger charge is -2.27. The van der Waals surface area contributed by atoms with Crippen molar-refractivity contribution in [3.63, 3.8) is 0 Å². The average Bonchev–Trinajstić information content (AvgIpc) is 3.12. The minimum absolute atomic E-state index is 0.0322. The molecule has 0 saturated carbocycles. The number of sulfone groups is 1. The molecule has 0 aromatic heterocycles. The highest BCUT2D eigenvalue weighted by Crippen LogP contribution is 2.38. The number of benzene rings is 2.